The van der Waals surface area contributed by atoms with Crippen LogP contribution in [0.4, 0.5) is 4.39 Å². The molecule has 24 heavy (non-hydrogen) atoms. The fourth-order valence-electron chi connectivity index (χ4n) is 3.09. The number of fused-ring (bicyclic) bond motifs is 1. The first-order chi connectivity index (χ1) is 11.6. The first-order valence-electron chi connectivity index (χ1n) is 8.11. The number of hydrogen-bond donors (Lipinski definition) is 0. The minimum Gasteiger partial charge on any atom is -0.492 e. The molecule has 128 valence electrons. The van der Waals surface area contributed by atoms with Gasteiger partial charge in [-0.1, -0.05) is 29.8 Å². The van der Waals surface area contributed by atoms with Crippen LogP contribution in [0.25, 0.3) is 0 Å². The SMILES string of the molecule is CN(C)CCN1CCOc2ccc(Cl)cc2C1c1ccccc1F. The summed E-state index contributed by atoms with van der Waals surface area (Å²) in [6.45, 7) is 3.02. The maximum absolute atomic E-state index is 14.6. The van der Waals surface area contributed by atoms with Crippen molar-refractivity contribution < 1.29 is 9.13 Å². The van der Waals surface area contributed by atoms with E-state index in [4.69, 9.17) is 16.3 Å². The fourth-order valence-corrected chi connectivity index (χ4v) is 3.27. The Morgan fingerprint density at radius 1 is 1.21 bits per heavy atom. The average Bonchev–Trinajstić information content (AvgIpc) is 2.72. The van der Waals surface area contributed by atoms with E-state index in [2.05, 4.69) is 9.80 Å². The second-order valence-electron chi connectivity index (χ2n) is 6.29. The molecule has 0 N–H and O–H groups in total. The summed E-state index contributed by atoms with van der Waals surface area (Å²) in [7, 11) is 4.08. The highest BCUT2D eigenvalue weighted by Crippen LogP contribution is 2.38. The van der Waals surface area contributed by atoms with Crippen molar-refractivity contribution in [3.05, 3.63) is 64.4 Å². The Balaban J connectivity index is 2.08. The van der Waals surface area contributed by atoms with Crippen LogP contribution in [0.5, 0.6) is 5.75 Å². The van der Waals surface area contributed by atoms with Gasteiger partial charge in [-0.15, -0.1) is 0 Å². The molecule has 2 aromatic rings. The van der Waals surface area contributed by atoms with Gasteiger partial charge >= 0.3 is 0 Å². The third-order valence-corrected chi connectivity index (χ3v) is 4.54. The molecule has 1 unspecified atom stereocenters. The molecular weight excluding hydrogens is 327 g/mol. The Kier molecular flexibility index (Phi) is 5.39. The first-order valence-corrected chi connectivity index (χ1v) is 8.49. The lowest BCUT2D eigenvalue weighted by Crippen LogP contribution is -2.37. The van der Waals surface area contributed by atoms with Gasteiger partial charge in [0.2, 0.25) is 0 Å². The highest BCUT2D eigenvalue weighted by atomic mass is 35.5. The molecule has 0 saturated heterocycles. The summed E-state index contributed by atoms with van der Waals surface area (Å²) in [6.07, 6.45) is 0. The molecule has 1 heterocycles. The lowest BCUT2D eigenvalue weighted by Gasteiger charge is -2.31. The van der Waals surface area contributed by atoms with E-state index in [1.807, 2.05) is 44.4 Å². The van der Waals surface area contributed by atoms with Crippen LogP contribution in [0.2, 0.25) is 5.02 Å². The zero-order chi connectivity index (χ0) is 17.1. The normalized spacial score (nSPS) is 18.1. The Morgan fingerprint density at radius 2 is 2.00 bits per heavy atom. The van der Waals surface area contributed by atoms with Crippen LogP contribution >= 0.6 is 11.6 Å². The van der Waals surface area contributed by atoms with Crippen molar-refractivity contribution >= 4 is 11.6 Å². The largest absolute Gasteiger partial charge is 0.492 e. The standard InChI is InChI=1S/C19H22ClFN2O/c1-22(2)9-10-23-11-12-24-18-8-7-14(20)13-16(18)19(23)15-5-3-4-6-17(15)21/h3-8,13,19H,9-12H2,1-2H3. The molecule has 0 aliphatic carbocycles. The van der Waals surface area contributed by atoms with E-state index in [-0.39, 0.29) is 11.9 Å². The van der Waals surface area contributed by atoms with Crippen molar-refractivity contribution in [3.8, 4) is 5.75 Å². The molecule has 0 spiro atoms. The quantitative estimate of drug-likeness (QED) is 0.835. The van der Waals surface area contributed by atoms with Crippen molar-refractivity contribution in [1.29, 1.82) is 0 Å². The topological polar surface area (TPSA) is 15.7 Å². The van der Waals surface area contributed by atoms with E-state index in [9.17, 15) is 4.39 Å². The summed E-state index contributed by atoms with van der Waals surface area (Å²) >= 11 is 6.22. The summed E-state index contributed by atoms with van der Waals surface area (Å²) in [5.74, 6) is 0.574. The van der Waals surface area contributed by atoms with E-state index < -0.39 is 0 Å². The van der Waals surface area contributed by atoms with Crippen LogP contribution in [0.3, 0.4) is 0 Å². The lowest BCUT2D eigenvalue weighted by molar-refractivity contribution is 0.183. The molecular formula is C19H22ClFN2O. The van der Waals surface area contributed by atoms with Gasteiger partial charge in [0.15, 0.2) is 0 Å². The van der Waals surface area contributed by atoms with Gasteiger partial charge in [0.25, 0.3) is 0 Å². The fraction of sp³-hybridized carbons (Fsp3) is 0.368. The second kappa shape index (κ2) is 7.51. The lowest BCUT2D eigenvalue weighted by atomic mass is 9.96. The number of hydrogen-bond acceptors (Lipinski definition) is 3. The molecule has 2 aromatic carbocycles. The summed E-state index contributed by atoms with van der Waals surface area (Å²) in [5.41, 5.74) is 1.58. The molecule has 1 atom stereocenters. The zero-order valence-electron chi connectivity index (χ0n) is 14.0. The number of likely N-dealkylation sites (N-methyl/N-ethyl adjacent to an activating group) is 1. The van der Waals surface area contributed by atoms with Crippen LogP contribution in [0.15, 0.2) is 42.5 Å². The smallest absolute Gasteiger partial charge is 0.128 e. The molecule has 0 bridgehead atoms. The van der Waals surface area contributed by atoms with Gasteiger partial charge in [-0.05, 0) is 38.4 Å². The van der Waals surface area contributed by atoms with Crippen molar-refractivity contribution in [1.82, 2.24) is 9.80 Å². The number of rotatable bonds is 4. The minimum absolute atomic E-state index is 0.204. The molecule has 5 heteroatoms. The Bertz CT molecular complexity index is 708. The molecule has 0 amide bonds. The van der Waals surface area contributed by atoms with Crippen LogP contribution in [0.1, 0.15) is 17.2 Å². The van der Waals surface area contributed by atoms with E-state index in [0.29, 0.717) is 17.2 Å². The van der Waals surface area contributed by atoms with E-state index in [1.54, 1.807) is 6.07 Å². The van der Waals surface area contributed by atoms with Crippen LogP contribution < -0.4 is 4.74 Å². The molecule has 1 aliphatic heterocycles. The summed E-state index contributed by atoms with van der Waals surface area (Å²) in [5, 5.41) is 0.633. The van der Waals surface area contributed by atoms with E-state index in [0.717, 1.165) is 30.9 Å². The summed E-state index contributed by atoms with van der Waals surface area (Å²) in [4.78, 5) is 4.39. The van der Waals surface area contributed by atoms with Crippen molar-refractivity contribution in [2.24, 2.45) is 0 Å². The Morgan fingerprint density at radius 3 is 2.75 bits per heavy atom. The Hall–Kier alpha value is -1.62. The van der Waals surface area contributed by atoms with Gasteiger partial charge in [-0.3, -0.25) is 4.90 Å². The van der Waals surface area contributed by atoms with Crippen LogP contribution in [0, 0.1) is 5.82 Å². The second-order valence-corrected chi connectivity index (χ2v) is 6.73. The van der Waals surface area contributed by atoms with E-state index in [1.165, 1.54) is 6.07 Å². The predicted octanol–water partition coefficient (Wildman–Crippen LogP) is 3.82. The Labute approximate surface area is 147 Å². The molecule has 0 fully saturated rings. The number of halogens is 2. The third-order valence-electron chi connectivity index (χ3n) is 4.30. The molecule has 0 radical (unpaired) electrons. The monoisotopic (exact) mass is 348 g/mol. The van der Waals surface area contributed by atoms with Gasteiger partial charge in [0.05, 0.1) is 6.04 Å². The summed E-state index contributed by atoms with van der Waals surface area (Å²) < 4.78 is 20.5. The number of ether oxygens (including phenoxy) is 1. The van der Waals surface area contributed by atoms with Crippen LogP contribution in [-0.2, 0) is 0 Å². The van der Waals surface area contributed by atoms with Gasteiger partial charge in [0.1, 0.15) is 18.2 Å². The van der Waals surface area contributed by atoms with Gasteiger partial charge in [-0.2, -0.15) is 0 Å². The molecule has 1 aliphatic rings. The first kappa shape index (κ1) is 17.2. The molecule has 3 nitrogen and oxygen atoms in total. The van der Waals surface area contributed by atoms with E-state index >= 15 is 0 Å². The van der Waals surface area contributed by atoms with Gasteiger partial charge in [0, 0.05) is 35.8 Å². The third kappa shape index (κ3) is 3.72. The minimum atomic E-state index is -0.206. The number of benzene rings is 2. The van der Waals surface area contributed by atoms with Gasteiger partial charge < -0.3 is 9.64 Å². The maximum atomic E-state index is 14.6. The predicted molar refractivity (Wildman–Crippen MR) is 95.3 cm³/mol. The number of nitrogens with zero attached hydrogens (tertiary/aromatic N) is 2. The highest BCUT2D eigenvalue weighted by molar-refractivity contribution is 6.30. The van der Waals surface area contributed by atoms with Gasteiger partial charge in [-0.25, -0.2) is 4.39 Å². The summed E-state index contributed by atoms with van der Waals surface area (Å²) in [6, 6.07) is 12.3. The highest BCUT2D eigenvalue weighted by Gasteiger charge is 2.30. The van der Waals surface area contributed by atoms with Crippen molar-refractivity contribution in [2.45, 2.75) is 6.04 Å². The van der Waals surface area contributed by atoms with Crippen molar-refractivity contribution in [2.75, 3.05) is 40.3 Å². The molecule has 0 saturated carbocycles. The van der Waals surface area contributed by atoms with Crippen LogP contribution in [-0.4, -0.2) is 50.1 Å². The average molecular weight is 349 g/mol. The molecule has 3 rings (SSSR count). The molecule has 0 aromatic heterocycles. The zero-order valence-corrected chi connectivity index (χ0v) is 14.8. The maximum Gasteiger partial charge on any atom is 0.128 e. The van der Waals surface area contributed by atoms with Crippen molar-refractivity contribution in [3.63, 3.8) is 0 Å².